The Morgan fingerprint density at radius 2 is 1.80 bits per heavy atom. The highest BCUT2D eigenvalue weighted by Crippen LogP contribution is 2.58. The van der Waals surface area contributed by atoms with Crippen molar-refractivity contribution in [2.45, 2.75) is 32.6 Å². The quantitative estimate of drug-likeness (QED) is 0.675. The van der Waals surface area contributed by atoms with Crippen molar-refractivity contribution in [2.75, 3.05) is 0 Å². The molecule has 1 unspecified atom stereocenters. The topological polar surface area (TPSA) is 79.9 Å². The number of hydrogen-bond donors (Lipinski definition) is 1. The minimum Gasteiger partial charge on any atom is -0.601 e. The standard InChI is InChI=1S/C12H18NO5PSi/c1-9(12(14)18-20(2,3)4)13-19(15)16-10-7-5-6-8-11(10)17-19/h5-9H,1-4H3,(H,13,15). The normalized spacial score (nSPS) is 17.6. The molecule has 1 atom stereocenters. The van der Waals surface area contributed by atoms with Gasteiger partial charge in [0, 0.05) is 0 Å². The minimum atomic E-state index is -3.56. The van der Waals surface area contributed by atoms with Crippen molar-refractivity contribution < 1.29 is 23.2 Å². The third-order valence-corrected chi connectivity index (χ3v) is 4.79. The molecule has 6 nitrogen and oxygen atoms in total. The van der Waals surface area contributed by atoms with E-state index in [1.165, 1.54) is 0 Å². The maximum absolute atomic E-state index is 12.4. The molecular weight excluding hydrogens is 297 g/mol. The second-order valence-electron chi connectivity index (χ2n) is 5.51. The number of benzene rings is 1. The van der Waals surface area contributed by atoms with E-state index in [1.54, 1.807) is 31.2 Å². The summed E-state index contributed by atoms with van der Waals surface area (Å²) in [7, 11) is -5.55. The summed E-state index contributed by atoms with van der Waals surface area (Å²) in [4.78, 5) is 24.3. The molecule has 0 bridgehead atoms. The molecule has 0 fully saturated rings. The molecule has 1 heterocycles. The van der Waals surface area contributed by atoms with Gasteiger partial charge in [-0.2, -0.15) is 0 Å². The van der Waals surface area contributed by atoms with Gasteiger partial charge in [-0.1, -0.05) is 12.1 Å². The number of nitrogens with one attached hydrogen (secondary N) is 1. The van der Waals surface area contributed by atoms with E-state index in [0.29, 0.717) is 11.5 Å². The van der Waals surface area contributed by atoms with Crippen LogP contribution in [0.1, 0.15) is 6.92 Å². The number of fused-ring (bicyclic) bond motifs is 1. The van der Waals surface area contributed by atoms with Gasteiger partial charge in [-0.3, -0.25) is 13.8 Å². The fraction of sp³-hybridized carbons (Fsp3) is 0.417. The van der Waals surface area contributed by atoms with Gasteiger partial charge in [0.2, 0.25) is 19.8 Å². The molecule has 1 aliphatic heterocycles. The fourth-order valence-corrected chi connectivity index (χ4v) is 3.93. The molecule has 1 aliphatic rings. The zero-order valence-electron chi connectivity index (χ0n) is 11.9. The molecule has 1 N–H and O–H groups in total. The Hall–Kier alpha value is -1.14. The first kappa shape index (κ1) is 15.2. The van der Waals surface area contributed by atoms with Gasteiger partial charge >= 0.3 is 14.1 Å². The summed E-state index contributed by atoms with van der Waals surface area (Å²) in [6.07, 6.45) is 0. The van der Waals surface area contributed by atoms with Gasteiger partial charge in [-0.15, -0.1) is 5.09 Å². The molecule has 2 rings (SSSR count). The Kier molecular flexibility index (Phi) is 4.06. The van der Waals surface area contributed by atoms with E-state index in [0.717, 1.165) is 0 Å². The van der Waals surface area contributed by atoms with Crippen molar-refractivity contribution in [2.24, 2.45) is 0 Å². The average Bonchev–Trinajstić information content (AvgIpc) is 2.62. The molecule has 1 aromatic carbocycles. The van der Waals surface area contributed by atoms with E-state index in [9.17, 15) is 9.69 Å². The van der Waals surface area contributed by atoms with Crippen molar-refractivity contribution in [3.05, 3.63) is 24.3 Å². The van der Waals surface area contributed by atoms with E-state index >= 15 is 0 Å². The van der Waals surface area contributed by atoms with Crippen LogP contribution in [0.2, 0.25) is 19.6 Å². The van der Waals surface area contributed by atoms with Crippen molar-refractivity contribution in [3.8, 4) is 11.5 Å². The molecule has 110 valence electrons. The zero-order valence-corrected chi connectivity index (χ0v) is 13.8. The number of hydrogen-bond acceptors (Lipinski definition) is 6. The van der Waals surface area contributed by atoms with E-state index in [1.807, 2.05) is 19.6 Å². The molecule has 0 saturated carbocycles. The molecule has 0 aliphatic carbocycles. The highest BCUT2D eigenvalue weighted by atomic mass is 31.2. The van der Waals surface area contributed by atoms with Crippen molar-refractivity contribution >= 4 is 22.4 Å². The molecule has 0 spiro atoms. The maximum Gasteiger partial charge on any atom is 0.410 e. The molecule has 0 amide bonds. The Morgan fingerprint density at radius 1 is 1.30 bits per heavy atom. The molecule has 0 radical (unpaired) electrons. The van der Waals surface area contributed by atoms with Crippen LogP contribution in [0.15, 0.2) is 24.3 Å². The third-order valence-electron chi connectivity index (χ3n) is 2.40. The number of carbonyl (C=O) groups excluding carboxylic acids is 1. The van der Waals surface area contributed by atoms with Crippen molar-refractivity contribution in [3.63, 3.8) is 0 Å². The van der Waals surface area contributed by atoms with E-state index < -0.39 is 28.4 Å². The number of para-hydroxylation sites is 2. The highest BCUT2D eigenvalue weighted by Gasteiger charge is 2.45. The summed E-state index contributed by atoms with van der Waals surface area (Å²) in [6.45, 7) is 7.27. The van der Waals surface area contributed by atoms with Crippen molar-refractivity contribution in [1.82, 2.24) is 5.09 Å². The summed E-state index contributed by atoms with van der Waals surface area (Å²) >= 11 is 0. The summed E-state index contributed by atoms with van der Waals surface area (Å²) in [6, 6.07) is 6.03. The smallest absolute Gasteiger partial charge is 0.410 e. The minimum absolute atomic E-state index is 0.397. The average molecular weight is 315 g/mol. The van der Waals surface area contributed by atoms with Crippen LogP contribution in [0.3, 0.4) is 0 Å². The largest absolute Gasteiger partial charge is 0.601 e. The Morgan fingerprint density at radius 3 is 2.25 bits per heavy atom. The molecule has 0 saturated heterocycles. The van der Waals surface area contributed by atoms with Gasteiger partial charge in [-0.25, -0.2) is 0 Å². The zero-order chi connectivity index (χ0) is 15.0. The Labute approximate surface area is 119 Å². The lowest BCUT2D eigenvalue weighted by Crippen LogP contribution is -2.44. The van der Waals surface area contributed by atoms with Crippen LogP contribution in [0.25, 0.3) is 0 Å². The second kappa shape index (κ2) is 5.33. The molecule has 20 heavy (non-hydrogen) atoms. The lowest BCUT2D eigenvalue weighted by molar-refractivity contribution is -0.204. The lowest BCUT2D eigenvalue weighted by Gasteiger charge is -2.25. The maximum atomic E-state index is 12.4. The van der Waals surface area contributed by atoms with Gasteiger partial charge < -0.3 is 9.32 Å². The fourth-order valence-electron chi connectivity index (χ4n) is 1.61. The molecule has 1 aromatic rings. The van der Waals surface area contributed by atoms with Gasteiger partial charge in [0.25, 0.3) is 0 Å². The molecule has 8 heteroatoms. The van der Waals surface area contributed by atoms with Crippen LogP contribution in [0.5, 0.6) is 11.5 Å². The van der Waals surface area contributed by atoms with Crippen molar-refractivity contribution in [1.29, 1.82) is 0 Å². The van der Waals surface area contributed by atoms with E-state index in [2.05, 4.69) is 5.09 Å². The summed E-state index contributed by atoms with van der Waals surface area (Å²) in [5.41, 5.74) is 0. The summed E-state index contributed by atoms with van der Waals surface area (Å²) in [5, 5.41) is 2.58. The number of carbonyl (C=O) groups is 1. The van der Waals surface area contributed by atoms with Crippen LogP contribution in [0.4, 0.5) is 0 Å². The lowest BCUT2D eigenvalue weighted by atomic mass is 10.3. The summed E-state index contributed by atoms with van der Waals surface area (Å²) in [5.74, 6) is 0.339. The molecular formula is C12H18NO5PSi. The van der Waals surface area contributed by atoms with Gasteiger partial charge in [-0.05, 0) is 38.7 Å². The SMILES string of the molecule is CC(N[P+]1([O-])Oc2ccccc2O1)C(=O)O[Si](C)(C)C. The van der Waals surface area contributed by atoms with Crippen LogP contribution in [-0.4, -0.2) is 20.3 Å². The Bertz CT molecular complexity index is 494. The first-order valence-electron chi connectivity index (χ1n) is 6.27. The monoisotopic (exact) mass is 315 g/mol. The van der Waals surface area contributed by atoms with Crippen LogP contribution >= 0.6 is 8.09 Å². The predicted molar refractivity (Wildman–Crippen MR) is 76.7 cm³/mol. The third kappa shape index (κ3) is 3.70. The van der Waals surface area contributed by atoms with Gasteiger partial charge in [0.15, 0.2) is 0 Å². The van der Waals surface area contributed by atoms with Crippen LogP contribution in [-0.2, 0) is 9.22 Å². The predicted octanol–water partition coefficient (Wildman–Crippen LogP) is 1.85. The second-order valence-corrected chi connectivity index (χ2v) is 11.6. The van der Waals surface area contributed by atoms with Crippen LogP contribution < -0.4 is 19.0 Å². The van der Waals surface area contributed by atoms with Crippen LogP contribution in [0, 0.1) is 0 Å². The Balaban J connectivity index is 1.99. The number of rotatable bonds is 4. The first-order valence-corrected chi connectivity index (χ1v) is 11.2. The summed E-state index contributed by atoms with van der Waals surface area (Å²) < 4.78 is 15.9. The highest BCUT2D eigenvalue weighted by molar-refractivity contribution is 7.58. The van der Waals surface area contributed by atoms with Gasteiger partial charge in [0.05, 0.1) is 0 Å². The van der Waals surface area contributed by atoms with E-state index in [4.69, 9.17) is 13.5 Å². The van der Waals surface area contributed by atoms with Gasteiger partial charge in [0.1, 0.15) is 6.04 Å². The van der Waals surface area contributed by atoms with E-state index in [-0.39, 0.29) is 0 Å². The first-order chi connectivity index (χ1) is 9.19. The molecule has 0 aromatic heterocycles.